The maximum absolute atomic E-state index is 13.3. The van der Waals surface area contributed by atoms with Crippen molar-refractivity contribution in [1.29, 1.82) is 0 Å². The third kappa shape index (κ3) is 6.44. The van der Waals surface area contributed by atoms with Gasteiger partial charge in [-0.3, -0.25) is 0 Å². The summed E-state index contributed by atoms with van der Waals surface area (Å²) in [4.78, 5) is 13.3. The van der Waals surface area contributed by atoms with Gasteiger partial charge in [0.25, 0.3) is 0 Å². The predicted octanol–water partition coefficient (Wildman–Crippen LogP) is 7.82. The fourth-order valence-electron chi connectivity index (χ4n) is 4.97. The number of rotatable bonds is 10. The molecule has 0 aliphatic rings. The van der Waals surface area contributed by atoms with Gasteiger partial charge in [0.1, 0.15) is 5.75 Å². The van der Waals surface area contributed by atoms with Crippen LogP contribution in [0.1, 0.15) is 49.3 Å². The minimum Gasteiger partial charge on any atom is -0.491 e. The first kappa shape index (κ1) is 27.6. The molecule has 0 bridgehead atoms. The van der Waals surface area contributed by atoms with Gasteiger partial charge in [-0.05, 0) is 65.9 Å². The van der Waals surface area contributed by atoms with Crippen LogP contribution < -0.4 is 15.4 Å². The number of hydrogen-bond acceptors (Lipinski definition) is 5. The van der Waals surface area contributed by atoms with Gasteiger partial charge in [-0.1, -0.05) is 86.1 Å². The van der Waals surface area contributed by atoms with E-state index in [4.69, 9.17) is 4.74 Å². The molecular formula is C33H34N6O2. The number of carbonyl (C=O) groups is 1. The molecule has 41 heavy (non-hydrogen) atoms. The van der Waals surface area contributed by atoms with Crippen LogP contribution in [0.3, 0.4) is 0 Å². The Kier molecular flexibility index (Phi) is 8.69. The highest BCUT2D eigenvalue weighted by Gasteiger charge is 2.24. The summed E-state index contributed by atoms with van der Waals surface area (Å²) in [6.07, 6.45) is 1.68. The smallest absolute Gasteiger partial charge is 0.323 e. The minimum atomic E-state index is -0.350. The van der Waals surface area contributed by atoms with Crippen molar-refractivity contribution in [3.05, 3.63) is 108 Å². The number of urea groups is 1. The second-order valence-electron chi connectivity index (χ2n) is 9.89. The molecule has 1 aromatic heterocycles. The molecule has 0 aliphatic carbocycles. The Labute approximate surface area is 240 Å². The first-order chi connectivity index (χ1) is 20.1. The monoisotopic (exact) mass is 546 g/mol. The normalized spacial score (nSPS) is 11.6. The van der Waals surface area contributed by atoms with E-state index in [1.54, 1.807) is 0 Å². The summed E-state index contributed by atoms with van der Waals surface area (Å²) >= 11 is 0. The van der Waals surface area contributed by atoms with Gasteiger partial charge in [-0.2, -0.15) is 5.21 Å². The third-order valence-corrected chi connectivity index (χ3v) is 6.94. The topological polar surface area (TPSA) is 105 Å². The Morgan fingerprint density at radius 2 is 1.63 bits per heavy atom. The molecule has 4 aromatic carbocycles. The van der Waals surface area contributed by atoms with E-state index in [-0.39, 0.29) is 11.9 Å². The number of aromatic nitrogens is 4. The number of benzene rings is 4. The van der Waals surface area contributed by atoms with Crippen LogP contribution in [0, 0.1) is 6.92 Å². The van der Waals surface area contributed by atoms with Gasteiger partial charge < -0.3 is 15.4 Å². The van der Waals surface area contributed by atoms with Gasteiger partial charge in [-0.15, -0.1) is 10.2 Å². The molecule has 0 saturated heterocycles. The summed E-state index contributed by atoms with van der Waals surface area (Å²) in [5, 5.41) is 20.8. The maximum atomic E-state index is 13.3. The number of H-pyrrole nitrogens is 1. The lowest BCUT2D eigenvalue weighted by atomic mass is 9.85. The summed E-state index contributed by atoms with van der Waals surface area (Å²) in [5.74, 6) is 1.21. The summed E-state index contributed by atoms with van der Waals surface area (Å²) < 4.78 is 6.40. The molecular weight excluding hydrogens is 512 g/mol. The van der Waals surface area contributed by atoms with Crippen molar-refractivity contribution in [1.82, 2.24) is 20.6 Å². The van der Waals surface area contributed by atoms with Crippen molar-refractivity contribution in [3.63, 3.8) is 0 Å². The number of ether oxygens (including phenoxy) is 1. The molecule has 208 valence electrons. The van der Waals surface area contributed by atoms with Crippen molar-refractivity contribution in [2.75, 3.05) is 17.2 Å². The van der Waals surface area contributed by atoms with E-state index in [0.717, 1.165) is 40.7 Å². The largest absolute Gasteiger partial charge is 0.491 e. The van der Waals surface area contributed by atoms with Crippen molar-refractivity contribution in [3.8, 4) is 28.3 Å². The lowest BCUT2D eigenvalue weighted by Crippen LogP contribution is -2.20. The van der Waals surface area contributed by atoms with Crippen LogP contribution in [0.4, 0.5) is 16.2 Å². The van der Waals surface area contributed by atoms with Gasteiger partial charge in [0.15, 0.2) is 0 Å². The van der Waals surface area contributed by atoms with Crippen molar-refractivity contribution in [2.45, 2.75) is 39.5 Å². The standard InChI is InChI=1S/C33H34N6O2/c1-4-19-41-31-29(26(5-2)23-11-7-6-8-12-23)20-24(27-13-9-10-14-28(27)32-36-38-39-37-32)21-30(31)35-33(40)34-25-17-15-22(3)16-18-25/h6-18,20-21,26H,4-5,19H2,1-3H3,(H2,34,35,40)(H,36,37,38,39). The number of tetrazole rings is 1. The quantitative estimate of drug-likeness (QED) is 0.166. The maximum Gasteiger partial charge on any atom is 0.323 e. The molecule has 1 unspecified atom stereocenters. The second kappa shape index (κ2) is 12.9. The zero-order valence-corrected chi connectivity index (χ0v) is 23.5. The first-order valence-corrected chi connectivity index (χ1v) is 13.9. The zero-order chi connectivity index (χ0) is 28.6. The van der Waals surface area contributed by atoms with E-state index < -0.39 is 0 Å². The Balaban J connectivity index is 1.66. The summed E-state index contributed by atoms with van der Waals surface area (Å²) in [7, 11) is 0. The van der Waals surface area contributed by atoms with E-state index in [0.29, 0.717) is 29.6 Å². The number of amides is 2. The van der Waals surface area contributed by atoms with Crippen LogP contribution in [0.5, 0.6) is 5.75 Å². The van der Waals surface area contributed by atoms with E-state index in [9.17, 15) is 4.79 Å². The molecule has 1 heterocycles. The summed E-state index contributed by atoms with van der Waals surface area (Å²) in [6.45, 7) is 6.77. The molecule has 0 saturated carbocycles. The predicted molar refractivity (Wildman–Crippen MR) is 163 cm³/mol. The minimum absolute atomic E-state index is 0.0426. The summed E-state index contributed by atoms with van der Waals surface area (Å²) in [6, 6.07) is 29.8. The fraction of sp³-hybridized carbons (Fsp3) is 0.212. The average Bonchev–Trinajstić information content (AvgIpc) is 3.54. The van der Waals surface area contributed by atoms with Gasteiger partial charge in [0, 0.05) is 22.7 Å². The van der Waals surface area contributed by atoms with Gasteiger partial charge >= 0.3 is 6.03 Å². The second-order valence-corrected chi connectivity index (χ2v) is 9.89. The van der Waals surface area contributed by atoms with E-state index >= 15 is 0 Å². The molecule has 5 rings (SSSR count). The number of carbonyl (C=O) groups excluding carboxylic acids is 1. The fourth-order valence-corrected chi connectivity index (χ4v) is 4.97. The van der Waals surface area contributed by atoms with Crippen molar-refractivity contribution in [2.24, 2.45) is 0 Å². The average molecular weight is 547 g/mol. The Morgan fingerprint density at radius 1 is 0.902 bits per heavy atom. The highest BCUT2D eigenvalue weighted by Crippen LogP contribution is 2.44. The molecule has 0 spiro atoms. The molecule has 8 nitrogen and oxygen atoms in total. The van der Waals surface area contributed by atoms with E-state index in [2.05, 4.69) is 63.3 Å². The Morgan fingerprint density at radius 3 is 2.32 bits per heavy atom. The van der Waals surface area contributed by atoms with Crippen LogP contribution in [0.25, 0.3) is 22.5 Å². The number of aromatic amines is 1. The molecule has 3 N–H and O–H groups in total. The zero-order valence-electron chi connectivity index (χ0n) is 23.5. The Bertz CT molecular complexity index is 1580. The van der Waals surface area contributed by atoms with E-state index in [1.165, 1.54) is 5.56 Å². The summed E-state index contributed by atoms with van der Waals surface area (Å²) in [5.41, 5.74) is 7.25. The number of nitrogens with zero attached hydrogens (tertiary/aromatic N) is 3. The number of aryl methyl sites for hydroxylation is 1. The lowest BCUT2D eigenvalue weighted by Gasteiger charge is -2.24. The van der Waals surface area contributed by atoms with Crippen LogP contribution in [0.2, 0.25) is 0 Å². The number of hydrogen-bond donors (Lipinski definition) is 3. The molecule has 8 heteroatoms. The SMILES string of the molecule is CCCOc1c(NC(=O)Nc2ccc(C)cc2)cc(-c2ccccc2-c2nn[nH]n2)cc1C(CC)c1ccccc1. The van der Waals surface area contributed by atoms with Gasteiger partial charge in [0.05, 0.1) is 12.3 Å². The van der Waals surface area contributed by atoms with Crippen LogP contribution in [0.15, 0.2) is 91.0 Å². The first-order valence-electron chi connectivity index (χ1n) is 13.9. The number of anilines is 2. The van der Waals surface area contributed by atoms with Crippen LogP contribution in [-0.4, -0.2) is 33.3 Å². The highest BCUT2D eigenvalue weighted by atomic mass is 16.5. The molecule has 0 aliphatic heterocycles. The highest BCUT2D eigenvalue weighted by molar-refractivity contribution is 6.01. The van der Waals surface area contributed by atoms with Gasteiger partial charge in [-0.25, -0.2) is 4.79 Å². The molecule has 0 fully saturated rings. The molecule has 5 aromatic rings. The Hall–Kier alpha value is -4.98. The number of nitrogens with one attached hydrogen (secondary N) is 3. The van der Waals surface area contributed by atoms with Crippen molar-refractivity contribution < 1.29 is 9.53 Å². The molecule has 2 amide bonds. The van der Waals surface area contributed by atoms with Crippen LogP contribution >= 0.6 is 0 Å². The lowest BCUT2D eigenvalue weighted by molar-refractivity contribution is 0.261. The van der Waals surface area contributed by atoms with Crippen LogP contribution in [-0.2, 0) is 0 Å². The van der Waals surface area contributed by atoms with Crippen molar-refractivity contribution >= 4 is 17.4 Å². The van der Waals surface area contributed by atoms with Gasteiger partial charge in [0.2, 0.25) is 5.82 Å². The molecule has 1 atom stereocenters. The third-order valence-electron chi connectivity index (χ3n) is 6.94. The van der Waals surface area contributed by atoms with E-state index in [1.807, 2.05) is 79.7 Å². The molecule has 0 radical (unpaired) electrons.